The Morgan fingerprint density at radius 3 is 2.27 bits per heavy atom. The highest BCUT2D eigenvalue weighted by Gasteiger charge is 2.32. The Morgan fingerprint density at radius 2 is 1.51 bits per heavy atom. The van der Waals surface area contributed by atoms with Crippen LogP contribution in [0.3, 0.4) is 0 Å². The number of hydrogen-bond donors (Lipinski definition) is 0. The highest BCUT2D eigenvalue weighted by atomic mass is 19.1. The number of rotatable bonds is 14. The molecule has 45 heavy (non-hydrogen) atoms. The fourth-order valence-electron chi connectivity index (χ4n) is 6.93. The van der Waals surface area contributed by atoms with Crippen LogP contribution in [0.4, 0.5) is 15.8 Å². The first-order valence-corrected chi connectivity index (χ1v) is 17.0. The molecule has 8 heteroatoms. The van der Waals surface area contributed by atoms with Crippen molar-refractivity contribution in [1.29, 1.82) is 0 Å². The van der Waals surface area contributed by atoms with Gasteiger partial charge < -0.3 is 19.3 Å². The van der Waals surface area contributed by atoms with Gasteiger partial charge in [-0.3, -0.25) is 14.7 Å². The van der Waals surface area contributed by atoms with E-state index in [2.05, 4.69) is 14.8 Å². The predicted octanol–water partition coefficient (Wildman–Crippen LogP) is 7.63. The Hall–Kier alpha value is -3.65. The van der Waals surface area contributed by atoms with E-state index >= 15 is 0 Å². The maximum Gasteiger partial charge on any atom is 0.256 e. The van der Waals surface area contributed by atoms with Gasteiger partial charge in [-0.05, 0) is 91.5 Å². The van der Waals surface area contributed by atoms with Gasteiger partial charge in [0, 0.05) is 44.6 Å². The summed E-state index contributed by atoms with van der Waals surface area (Å²) >= 11 is 0. The monoisotopic (exact) mass is 614 g/mol. The van der Waals surface area contributed by atoms with E-state index in [1.54, 1.807) is 19.2 Å². The Morgan fingerprint density at radius 1 is 0.822 bits per heavy atom. The van der Waals surface area contributed by atoms with Crippen molar-refractivity contribution in [3.8, 4) is 11.5 Å². The van der Waals surface area contributed by atoms with Crippen LogP contribution in [-0.2, 0) is 0 Å². The lowest BCUT2D eigenvalue weighted by Crippen LogP contribution is -2.46. The van der Waals surface area contributed by atoms with E-state index in [0.29, 0.717) is 17.9 Å². The minimum absolute atomic E-state index is 0.0724. The summed E-state index contributed by atoms with van der Waals surface area (Å²) in [7, 11) is 1.67. The summed E-state index contributed by atoms with van der Waals surface area (Å²) in [5, 5.41) is 1.97. The van der Waals surface area contributed by atoms with Gasteiger partial charge in [0.2, 0.25) is 0 Å². The summed E-state index contributed by atoms with van der Waals surface area (Å²) in [6, 6.07) is 14.9. The number of aliphatic imine (C=N–C) groups is 1. The van der Waals surface area contributed by atoms with Gasteiger partial charge in [0.1, 0.15) is 5.82 Å². The highest BCUT2D eigenvalue weighted by Crippen LogP contribution is 2.37. The lowest BCUT2D eigenvalue weighted by molar-refractivity contribution is 0.0775. The molecule has 240 valence electrons. The summed E-state index contributed by atoms with van der Waals surface area (Å²) in [6.07, 6.45) is 13.8. The van der Waals surface area contributed by atoms with Crippen molar-refractivity contribution < 1.29 is 18.7 Å². The summed E-state index contributed by atoms with van der Waals surface area (Å²) in [4.78, 5) is 24.8. The van der Waals surface area contributed by atoms with E-state index < -0.39 is 0 Å². The Kier molecular flexibility index (Phi) is 10.5. The number of unbranched alkanes of at least 4 members (excludes halogenated alkanes) is 7. The topological polar surface area (TPSA) is 57.6 Å². The second-order valence-electron chi connectivity index (χ2n) is 12.7. The third-order valence-corrected chi connectivity index (χ3v) is 9.60. The largest absolute Gasteiger partial charge is 0.493 e. The van der Waals surface area contributed by atoms with Gasteiger partial charge in [0.15, 0.2) is 11.5 Å². The molecule has 0 aliphatic carbocycles. The average molecular weight is 615 g/mol. The molecule has 0 spiro atoms. The first-order valence-electron chi connectivity index (χ1n) is 17.0. The van der Waals surface area contributed by atoms with Crippen LogP contribution in [0.2, 0.25) is 0 Å². The molecule has 1 amide bonds. The molecular formula is C37H47FN4O3. The number of anilines is 1. The zero-order chi connectivity index (χ0) is 31.0. The lowest BCUT2D eigenvalue weighted by atomic mass is 10.0. The number of ether oxygens (including phenoxy) is 2. The van der Waals surface area contributed by atoms with Crippen LogP contribution >= 0.6 is 0 Å². The van der Waals surface area contributed by atoms with Gasteiger partial charge in [-0.1, -0.05) is 38.5 Å². The summed E-state index contributed by atoms with van der Waals surface area (Å²) in [6.45, 7) is 6.82. The maximum absolute atomic E-state index is 13.2. The van der Waals surface area contributed by atoms with Crippen molar-refractivity contribution in [1.82, 2.24) is 9.80 Å². The molecule has 3 aromatic carbocycles. The van der Waals surface area contributed by atoms with Crippen LogP contribution in [0.5, 0.6) is 11.5 Å². The molecule has 0 aromatic heterocycles. The maximum atomic E-state index is 13.2. The quantitative estimate of drug-likeness (QED) is 0.175. The van der Waals surface area contributed by atoms with E-state index in [-0.39, 0.29) is 17.8 Å². The van der Waals surface area contributed by atoms with Crippen LogP contribution in [0.1, 0.15) is 74.6 Å². The molecule has 0 unspecified atom stereocenters. The van der Waals surface area contributed by atoms with Crippen LogP contribution in [-0.4, -0.2) is 80.9 Å². The molecule has 2 fully saturated rings. The number of nitrogens with zero attached hydrogens (tertiary/aromatic N) is 4. The molecule has 3 aliphatic heterocycles. The SMILES string of the molecule is COc1cc2cc3c(cc2cc1OCCCCCCCCCCN1CCN(c2ccc(F)cc2)CC1)C(=O)N1CCC[C@H]1C=N3. The summed E-state index contributed by atoms with van der Waals surface area (Å²) < 4.78 is 25.0. The van der Waals surface area contributed by atoms with Crippen molar-refractivity contribution in [3.63, 3.8) is 0 Å². The van der Waals surface area contributed by atoms with Crippen molar-refractivity contribution >= 4 is 34.3 Å². The van der Waals surface area contributed by atoms with Crippen molar-refractivity contribution in [2.24, 2.45) is 4.99 Å². The third-order valence-electron chi connectivity index (χ3n) is 9.60. The van der Waals surface area contributed by atoms with Crippen LogP contribution in [0, 0.1) is 5.82 Å². The number of amides is 1. The van der Waals surface area contributed by atoms with E-state index in [4.69, 9.17) is 9.47 Å². The molecule has 2 saturated heterocycles. The van der Waals surface area contributed by atoms with Crippen LogP contribution in [0.25, 0.3) is 10.8 Å². The lowest BCUT2D eigenvalue weighted by Gasteiger charge is -2.36. The van der Waals surface area contributed by atoms with Gasteiger partial charge >= 0.3 is 0 Å². The molecule has 6 rings (SSSR count). The zero-order valence-electron chi connectivity index (χ0n) is 26.7. The smallest absolute Gasteiger partial charge is 0.256 e. The zero-order valence-corrected chi connectivity index (χ0v) is 26.7. The second kappa shape index (κ2) is 15.1. The fraction of sp³-hybridized carbons (Fsp3) is 0.514. The second-order valence-corrected chi connectivity index (χ2v) is 12.7. The number of carbonyl (C=O) groups is 1. The van der Waals surface area contributed by atoms with E-state index in [0.717, 1.165) is 86.3 Å². The van der Waals surface area contributed by atoms with Crippen molar-refractivity contribution in [2.45, 2.75) is 70.3 Å². The highest BCUT2D eigenvalue weighted by molar-refractivity contribution is 6.07. The standard InChI is InChI=1S/C37H47FN4O3/c1-44-35-25-29-24-34-33(37(43)42-17-10-11-32(42)27-39-34)23-28(29)26-36(35)45-22-9-7-5-3-2-4-6-8-16-40-18-20-41(21-19-40)31-14-12-30(38)13-15-31/h12-15,23-27,32H,2-11,16-22H2,1H3/t32-/m0/s1. The molecule has 1 atom stereocenters. The van der Waals surface area contributed by atoms with Gasteiger partial charge in [-0.15, -0.1) is 0 Å². The number of methoxy groups -OCH3 is 1. The molecule has 0 bridgehead atoms. The third kappa shape index (κ3) is 7.78. The van der Waals surface area contributed by atoms with Gasteiger partial charge in [-0.25, -0.2) is 4.39 Å². The predicted molar refractivity (Wildman–Crippen MR) is 180 cm³/mol. The number of hydrogen-bond acceptors (Lipinski definition) is 6. The normalized spacial score (nSPS) is 18.3. The van der Waals surface area contributed by atoms with E-state index in [1.165, 1.54) is 45.1 Å². The molecule has 3 heterocycles. The molecule has 0 radical (unpaired) electrons. The average Bonchev–Trinajstić information content (AvgIpc) is 3.50. The number of fused-ring (bicyclic) bond motifs is 3. The van der Waals surface area contributed by atoms with Crippen LogP contribution in [0.15, 0.2) is 53.5 Å². The molecule has 0 saturated carbocycles. The summed E-state index contributed by atoms with van der Waals surface area (Å²) in [5.41, 5.74) is 2.52. The Labute approximate surface area is 267 Å². The molecule has 3 aliphatic rings. The molecule has 0 N–H and O–H groups in total. The minimum atomic E-state index is -0.171. The van der Waals surface area contributed by atoms with Gasteiger partial charge in [0.25, 0.3) is 5.91 Å². The van der Waals surface area contributed by atoms with Crippen molar-refractivity contribution in [2.75, 3.05) is 57.9 Å². The van der Waals surface area contributed by atoms with E-state index in [1.807, 2.05) is 47.5 Å². The number of piperazine rings is 1. The Balaban J connectivity index is 0.859. The first-order chi connectivity index (χ1) is 22.1. The fourth-order valence-corrected chi connectivity index (χ4v) is 6.93. The minimum Gasteiger partial charge on any atom is -0.493 e. The van der Waals surface area contributed by atoms with Gasteiger partial charge in [-0.2, -0.15) is 0 Å². The Bertz CT molecular complexity index is 1470. The van der Waals surface area contributed by atoms with E-state index in [9.17, 15) is 9.18 Å². The summed E-state index contributed by atoms with van der Waals surface area (Å²) in [5.74, 6) is 1.34. The number of halogens is 1. The van der Waals surface area contributed by atoms with Crippen molar-refractivity contribution in [3.05, 3.63) is 59.9 Å². The first kappa shape index (κ1) is 31.3. The number of benzene rings is 3. The molecular weight excluding hydrogens is 567 g/mol. The molecule has 7 nitrogen and oxygen atoms in total. The number of carbonyl (C=O) groups excluding carboxylic acids is 1. The van der Waals surface area contributed by atoms with Crippen LogP contribution < -0.4 is 14.4 Å². The van der Waals surface area contributed by atoms with Gasteiger partial charge in [0.05, 0.1) is 31.0 Å². The molecule has 3 aromatic rings.